The highest BCUT2D eigenvalue weighted by atomic mass is 32.2. The molecule has 1 N–H and O–H groups in total. The summed E-state index contributed by atoms with van der Waals surface area (Å²) < 4.78 is 32.5. The van der Waals surface area contributed by atoms with Crippen molar-refractivity contribution in [3.05, 3.63) is 33.8 Å². The molecule has 0 saturated carbocycles. The predicted molar refractivity (Wildman–Crippen MR) is 95.5 cm³/mol. The minimum atomic E-state index is -3.75. The lowest BCUT2D eigenvalue weighted by molar-refractivity contribution is -0.118. The average molecular weight is 381 g/mol. The van der Waals surface area contributed by atoms with Crippen molar-refractivity contribution in [1.29, 1.82) is 0 Å². The van der Waals surface area contributed by atoms with Crippen LogP contribution in [0.1, 0.15) is 28.5 Å². The molecule has 2 aromatic rings. The van der Waals surface area contributed by atoms with Crippen molar-refractivity contribution in [3.63, 3.8) is 0 Å². The van der Waals surface area contributed by atoms with E-state index in [-0.39, 0.29) is 17.4 Å². The van der Waals surface area contributed by atoms with E-state index in [1.165, 1.54) is 23.5 Å². The third-order valence-electron chi connectivity index (χ3n) is 4.14. The van der Waals surface area contributed by atoms with Gasteiger partial charge in [-0.15, -0.1) is 11.3 Å². The summed E-state index contributed by atoms with van der Waals surface area (Å²) in [7, 11) is -2.22. The van der Waals surface area contributed by atoms with Crippen LogP contribution in [-0.2, 0) is 14.8 Å². The number of hydrogen-bond donors (Lipinski definition) is 1. The lowest BCUT2D eigenvalue weighted by Gasteiger charge is -2.25. The summed E-state index contributed by atoms with van der Waals surface area (Å²) in [6.45, 7) is 5.57. The van der Waals surface area contributed by atoms with Gasteiger partial charge >= 0.3 is 0 Å². The van der Waals surface area contributed by atoms with E-state index < -0.39 is 16.1 Å². The third kappa shape index (κ3) is 3.26. The highest BCUT2D eigenvalue weighted by Crippen LogP contribution is 2.34. The summed E-state index contributed by atoms with van der Waals surface area (Å²) >= 11 is 1.54. The number of hydrogen-bond acceptors (Lipinski definition) is 6. The molecule has 1 aromatic heterocycles. The normalized spacial score (nSPS) is 15.5. The number of ether oxygens (including phenoxy) is 1. The summed E-state index contributed by atoms with van der Waals surface area (Å²) in [5.74, 6) is 0.151. The molecule has 0 aliphatic carbocycles. The molecule has 1 atom stereocenters. The molecule has 9 heteroatoms. The quantitative estimate of drug-likeness (QED) is 0.879. The zero-order chi connectivity index (χ0) is 18.4. The van der Waals surface area contributed by atoms with Gasteiger partial charge in [-0.3, -0.25) is 4.79 Å². The maximum atomic E-state index is 13.0. The summed E-state index contributed by atoms with van der Waals surface area (Å²) in [5.41, 5.74) is 1.11. The second-order valence-corrected chi connectivity index (χ2v) is 9.27. The van der Waals surface area contributed by atoms with Crippen molar-refractivity contribution in [2.24, 2.45) is 0 Å². The van der Waals surface area contributed by atoms with Crippen molar-refractivity contribution < 1.29 is 17.9 Å². The summed E-state index contributed by atoms with van der Waals surface area (Å²) in [4.78, 5) is 17.0. The Kier molecular flexibility index (Phi) is 4.56. The lowest BCUT2D eigenvalue weighted by Crippen LogP contribution is -2.31. The molecule has 0 bridgehead atoms. The van der Waals surface area contributed by atoms with Crippen molar-refractivity contribution in [3.8, 4) is 5.75 Å². The van der Waals surface area contributed by atoms with Crippen LogP contribution in [0.2, 0.25) is 0 Å². The maximum Gasteiger partial charge on any atom is 0.262 e. The first-order valence-electron chi connectivity index (χ1n) is 7.69. The number of nitrogens with one attached hydrogen (secondary N) is 1. The van der Waals surface area contributed by atoms with Crippen LogP contribution in [0.15, 0.2) is 23.1 Å². The van der Waals surface area contributed by atoms with Gasteiger partial charge in [0.15, 0.2) is 6.61 Å². The third-order valence-corrected chi connectivity index (χ3v) is 6.97. The van der Waals surface area contributed by atoms with Crippen LogP contribution in [-0.4, -0.2) is 37.3 Å². The Morgan fingerprint density at radius 3 is 2.72 bits per heavy atom. The van der Waals surface area contributed by atoms with Gasteiger partial charge in [0, 0.05) is 11.9 Å². The Labute approximate surface area is 150 Å². The second kappa shape index (κ2) is 6.40. The molecule has 1 amide bonds. The molecule has 0 fully saturated rings. The molecule has 0 radical (unpaired) electrons. The van der Waals surface area contributed by atoms with E-state index in [2.05, 4.69) is 10.3 Å². The predicted octanol–water partition coefficient (Wildman–Crippen LogP) is 2.47. The van der Waals surface area contributed by atoms with Gasteiger partial charge in [-0.2, -0.15) is 4.31 Å². The van der Waals surface area contributed by atoms with E-state index in [1.54, 1.807) is 17.4 Å². The van der Waals surface area contributed by atoms with Gasteiger partial charge in [0.1, 0.15) is 5.75 Å². The van der Waals surface area contributed by atoms with Gasteiger partial charge in [-0.05, 0) is 39.0 Å². The lowest BCUT2D eigenvalue weighted by atomic mass is 10.2. The fourth-order valence-electron chi connectivity index (χ4n) is 2.70. The largest absolute Gasteiger partial charge is 0.482 e. The van der Waals surface area contributed by atoms with Crippen LogP contribution in [0.5, 0.6) is 5.75 Å². The molecule has 25 heavy (non-hydrogen) atoms. The van der Waals surface area contributed by atoms with E-state index in [0.717, 1.165) is 15.6 Å². The molecular formula is C16H19N3O4S2. The molecule has 7 nitrogen and oxygen atoms in total. The number of sulfonamides is 1. The Hall–Kier alpha value is -1.97. The van der Waals surface area contributed by atoms with Crippen molar-refractivity contribution in [2.75, 3.05) is 19.0 Å². The SMILES string of the molecule is Cc1nc(C(C)N(C)S(=O)(=O)c2ccc3c(c2)NC(=O)CO3)c(C)s1. The number of benzene rings is 1. The Morgan fingerprint density at radius 1 is 1.36 bits per heavy atom. The number of carbonyl (C=O) groups is 1. The molecule has 3 rings (SSSR count). The van der Waals surface area contributed by atoms with Crippen LogP contribution in [0, 0.1) is 13.8 Å². The Morgan fingerprint density at radius 2 is 2.08 bits per heavy atom. The Balaban J connectivity index is 1.94. The van der Waals surface area contributed by atoms with Crippen LogP contribution >= 0.6 is 11.3 Å². The first-order chi connectivity index (χ1) is 11.7. The number of fused-ring (bicyclic) bond motifs is 1. The van der Waals surface area contributed by atoms with Crippen LogP contribution < -0.4 is 10.1 Å². The van der Waals surface area contributed by atoms with E-state index in [9.17, 15) is 13.2 Å². The highest BCUT2D eigenvalue weighted by molar-refractivity contribution is 7.89. The van der Waals surface area contributed by atoms with Gasteiger partial charge in [0.05, 0.1) is 27.3 Å². The van der Waals surface area contributed by atoms with Gasteiger partial charge in [0.2, 0.25) is 10.0 Å². The fraction of sp³-hybridized carbons (Fsp3) is 0.375. The monoisotopic (exact) mass is 381 g/mol. The number of anilines is 1. The maximum absolute atomic E-state index is 13.0. The van der Waals surface area contributed by atoms with Gasteiger partial charge < -0.3 is 10.1 Å². The van der Waals surface area contributed by atoms with E-state index in [1.807, 2.05) is 20.8 Å². The molecular weight excluding hydrogens is 362 g/mol. The number of aryl methyl sites for hydroxylation is 2. The molecule has 1 aromatic carbocycles. The summed E-state index contributed by atoms with van der Waals surface area (Å²) in [6, 6.07) is 4.05. The van der Waals surface area contributed by atoms with Crippen molar-refractivity contribution >= 4 is 33.0 Å². The van der Waals surface area contributed by atoms with E-state index >= 15 is 0 Å². The molecule has 1 aliphatic rings. The van der Waals surface area contributed by atoms with Crippen LogP contribution in [0.3, 0.4) is 0 Å². The van der Waals surface area contributed by atoms with Crippen LogP contribution in [0.25, 0.3) is 0 Å². The number of thiazole rings is 1. The number of carbonyl (C=O) groups excluding carboxylic acids is 1. The number of aromatic nitrogens is 1. The molecule has 0 spiro atoms. The summed E-state index contributed by atoms with van der Waals surface area (Å²) in [6.07, 6.45) is 0. The number of rotatable bonds is 4. The first kappa shape index (κ1) is 17.8. The van der Waals surface area contributed by atoms with E-state index in [4.69, 9.17) is 4.74 Å². The first-order valence-corrected chi connectivity index (χ1v) is 9.94. The minimum Gasteiger partial charge on any atom is -0.482 e. The summed E-state index contributed by atoms with van der Waals surface area (Å²) in [5, 5.41) is 3.53. The number of amides is 1. The van der Waals surface area contributed by atoms with Gasteiger partial charge in [-0.1, -0.05) is 0 Å². The topological polar surface area (TPSA) is 88.6 Å². The van der Waals surface area contributed by atoms with Crippen LogP contribution in [0.4, 0.5) is 5.69 Å². The Bertz CT molecular complexity index is 937. The molecule has 2 heterocycles. The van der Waals surface area contributed by atoms with Gasteiger partial charge in [-0.25, -0.2) is 13.4 Å². The van der Waals surface area contributed by atoms with Crippen molar-refractivity contribution in [2.45, 2.75) is 31.7 Å². The average Bonchev–Trinajstić information content (AvgIpc) is 2.91. The van der Waals surface area contributed by atoms with E-state index in [0.29, 0.717) is 11.4 Å². The molecule has 1 aliphatic heterocycles. The fourth-order valence-corrected chi connectivity index (χ4v) is 4.97. The second-order valence-electron chi connectivity index (χ2n) is 5.87. The van der Waals surface area contributed by atoms with Crippen molar-refractivity contribution in [1.82, 2.24) is 9.29 Å². The smallest absolute Gasteiger partial charge is 0.262 e. The highest BCUT2D eigenvalue weighted by Gasteiger charge is 2.30. The molecule has 134 valence electrons. The molecule has 1 unspecified atom stereocenters. The minimum absolute atomic E-state index is 0.0709. The zero-order valence-electron chi connectivity index (χ0n) is 14.4. The number of nitrogens with zero attached hydrogens (tertiary/aromatic N) is 2. The standard InChI is InChI=1S/C16H19N3O4S2/c1-9(16-10(2)24-11(3)17-16)19(4)25(21,22)12-5-6-14-13(7-12)18-15(20)8-23-14/h5-7,9H,8H2,1-4H3,(H,18,20). The zero-order valence-corrected chi connectivity index (χ0v) is 16.0. The molecule has 0 saturated heterocycles. The van der Waals surface area contributed by atoms with Gasteiger partial charge in [0.25, 0.3) is 5.91 Å².